The van der Waals surface area contributed by atoms with Gasteiger partial charge in [0.25, 0.3) is 0 Å². The average molecular weight is 323 g/mol. The lowest BCUT2D eigenvalue weighted by Crippen LogP contribution is -2.29. The van der Waals surface area contributed by atoms with E-state index in [0.29, 0.717) is 12.2 Å². The van der Waals surface area contributed by atoms with Crippen LogP contribution in [0.2, 0.25) is 0 Å². The van der Waals surface area contributed by atoms with Crippen molar-refractivity contribution >= 4 is 28.2 Å². The lowest BCUT2D eigenvalue weighted by atomic mass is 10.2. The predicted molar refractivity (Wildman–Crippen MR) is 78.7 cm³/mol. The van der Waals surface area contributed by atoms with E-state index in [2.05, 4.69) is 0 Å². The summed E-state index contributed by atoms with van der Waals surface area (Å²) in [5, 5.41) is 0. The van der Waals surface area contributed by atoms with E-state index in [0.717, 1.165) is 6.26 Å². The van der Waals surface area contributed by atoms with Crippen molar-refractivity contribution in [1.82, 2.24) is 0 Å². The molecular weight excluding hydrogens is 304 g/mol. The predicted octanol–water partition coefficient (Wildman–Crippen LogP) is 0.484. The molecule has 0 aliphatic carbocycles. The molecule has 1 rings (SSSR count). The third kappa shape index (κ3) is 6.74. The standard InChI is InChI=1S/C12H18N2O4S.ClH/c1-19(16,17)11-4-2-3-10(7-11)18-8-9(13)5-6-12(14)15;/h2-4,7,9H,5-6,8,13H2,1H3,(H2,14,15);1H/t9-;/m0./s1. The second kappa shape index (κ2) is 8.08. The Hall–Kier alpha value is -1.31. The van der Waals surface area contributed by atoms with E-state index in [1.807, 2.05) is 0 Å². The van der Waals surface area contributed by atoms with E-state index in [4.69, 9.17) is 16.2 Å². The van der Waals surface area contributed by atoms with Gasteiger partial charge in [-0.1, -0.05) is 6.07 Å². The molecule has 1 amide bonds. The first-order chi connectivity index (χ1) is 8.79. The first-order valence-corrected chi connectivity index (χ1v) is 7.65. The minimum absolute atomic E-state index is 0. The average Bonchev–Trinajstić information content (AvgIpc) is 2.33. The SMILES string of the molecule is CS(=O)(=O)c1cccc(OC[C@@H](N)CCC(N)=O)c1.Cl. The number of carbonyl (C=O) groups excluding carboxylic acids is 1. The van der Waals surface area contributed by atoms with Crippen LogP contribution < -0.4 is 16.2 Å². The summed E-state index contributed by atoms with van der Waals surface area (Å²) in [6.45, 7) is 0.195. The normalized spacial score (nSPS) is 12.3. The molecule has 0 spiro atoms. The van der Waals surface area contributed by atoms with Gasteiger partial charge < -0.3 is 16.2 Å². The third-order valence-corrected chi connectivity index (χ3v) is 3.57. The van der Waals surface area contributed by atoms with Gasteiger partial charge in [0.1, 0.15) is 12.4 Å². The van der Waals surface area contributed by atoms with Crippen LogP contribution in [-0.4, -0.2) is 33.2 Å². The van der Waals surface area contributed by atoms with Crippen LogP contribution in [-0.2, 0) is 14.6 Å². The Kier molecular flexibility index (Phi) is 7.55. The molecule has 0 saturated carbocycles. The van der Waals surface area contributed by atoms with E-state index in [9.17, 15) is 13.2 Å². The van der Waals surface area contributed by atoms with Gasteiger partial charge in [-0.05, 0) is 24.6 Å². The molecule has 1 aromatic carbocycles. The Bertz CT molecular complexity index is 548. The minimum atomic E-state index is -3.26. The van der Waals surface area contributed by atoms with Crippen molar-refractivity contribution in [3.63, 3.8) is 0 Å². The fourth-order valence-electron chi connectivity index (χ4n) is 1.41. The van der Waals surface area contributed by atoms with E-state index in [-0.39, 0.29) is 36.4 Å². The molecule has 0 radical (unpaired) electrons. The van der Waals surface area contributed by atoms with Gasteiger partial charge in [0, 0.05) is 18.7 Å². The zero-order valence-corrected chi connectivity index (χ0v) is 12.7. The lowest BCUT2D eigenvalue weighted by Gasteiger charge is -2.12. The highest BCUT2D eigenvalue weighted by Gasteiger charge is 2.09. The van der Waals surface area contributed by atoms with Crippen LogP contribution in [0.25, 0.3) is 0 Å². The van der Waals surface area contributed by atoms with Crippen LogP contribution in [0.5, 0.6) is 5.75 Å². The molecule has 0 unspecified atom stereocenters. The zero-order chi connectivity index (χ0) is 14.5. The summed E-state index contributed by atoms with van der Waals surface area (Å²) in [6.07, 6.45) is 1.76. The van der Waals surface area contributed by atoms with Crippen molar-refractivity contribution in [2.45, 2.75) is 23.8 Å². The van der Waals surface area contributed by atoms with Crippen LogP contribution in [0.1, 0.15) is 12.8 Å². The molecule has 8 heteroatoms. The summed E-state index contributed by atoms with van der Waals surface area (Å²) in [7, 11) is -3.26. The molecular formula is C12H19ClN2O4S. The molecule has 6 nitrogen and oxygen atoms in total. The number of primary amides is 1. The first-order valence-electron chi connectivity index (χ1n) is 5.76. The summed E-state index contributed by atoms with van der Waals surface area (Å²) in [5.74, 6) is 0.0203. The number of benzene rings is 1. The highest BCUT2D eigenvalue weighted by molar-refractivity contribution is 7.90. The summed E-state index contributed by atoms with van der Waals surface area (Å²) >= 11 is 0. The van der Waals surface area contributed by atoms with Crippen LogP contribution in [0, 0.1) is 0 Å². The van der Waals surface area contributed by atoms with Gasteiger partial charge >= 0.3 is 0 Å². The molecule has 20 heavy (non-hydrogen) atoms. The maximum atomic E-state index is 11.4. The van der Waals surface area contributed by atoms with E-state index < -0.39 is 15.7 Å². The number of ether oxygens (including phenoxy) is 1. The quantitative estimate of drug-likeness (QED) is 0.758. The van der Waals surface area contributed by atoms with Gasteiger partial charge in [-0.3, -0.25) is 4.79 Å². The van der Waals surface area contributed by atoms with Gasteiger partial charge in [-0.25, -0.2) is 8.42 Å². The molecule has 4 N–H and O–H groups in total. The Morgan fingerprint density at radius 2 is 2.05 bits per heavy atom. The molecule has 0 aromatic heterocycles. The second-order valence-corrected chi connectivity index (χ2v) is 6.34. The molecule has 0 bridgehead atoms. The number of carbonyl (C=O) groups is 1. The Morgan fingerprint density at radius 1 is 1.40 bits per heavy atom. The fraction of sp³-hybridized carbons (Fsp3) is 0.417. The fourth-order valence-corrected chi connectivity index (χ4v) is 2.06. The number of sulfone groups is 1. The van der Waals surface area contributed by atoms with E-state index in [1.54, 1.807) is 12.1 Å². The number of nitrogens with two attached hydrogens (primary N) is 2. The van der Waals surface area contributed by atoms with Crippen molar-refractivity contribution in [2.24, 2.45) is 11.5 Å². The number of hydrogen-bond donors (Lipinski definition) is 2. The third-order valence-electron chi connectivity index (χ3n) is 2.46. The zero-order valence-electron chi connectivity index (χ0n) is 11.1. The summed E-state index contributed by atoms with van der Waals surface area (Å²) < 4.78 is 28.1. The topological polar surface area (TPSA) is 112 Å². The van der Waals surface area contributed by atoms with Gasteiger partial charge in [-0.15, -0.1) is 12.4 Å². The molecule has 1 aromatic rings. The van der Waals surface area contributed by atoms with Crippen LogP contribution in [0.3, 0.4) is 0 Å². The number of rotatable bonds is 7. The van der Waals surface area contributed by atoms with E-state index in [1.165, 1.54) is 12.1 Å². The maximum absolute atomic E-state index is 11.4. The largest absolute Gasteiger partial charge is 0.492 e. The molecule has 0 aliphatic heterocycles. The lowest BCUT2D eigenvalue weighted by molar-refractivity contribution is -0.118. The molecule has 0 saturated heterocycles. The molecule has 1 atom stereocenters. The van der Waals surface area contributed by atoms with Gasteiger partial charge in [0.2, 0.25) is 5.91 Å². The van der Waals surface area contributed by atoms with Gasteiger partial charge in [-0.2, -0.15) is 0 Å². The Morgan fingerprint density at radius 3 is 2.60 bits per heavy atom. The highest BCUT2D eigenvalue weighted by atomic mass is 35.5. The van der Waals surface area contributed by atoms with E-state index >= 15 is 0 Å². The van der Waals surface area contributed by atoms with Crippen LogP contribution in [0.4, 0.5) is 0 Å². The number of hydrogen-bond acceptors (Lipinski definition) is 5. The summed E-state index contributed by atoms with van der Waals surface area (Å²) in [4.78, 5) is 10.8. The Balaban J connectivity index is 0.00000361. The van der Waals surface area contributed by atoms with Crippen molar-refractivity contribution in [3.05, 3.63) is 24.3 Å². The summed E-state index contributed by atoms with van der Waals surface area (Å²) in [5.41, 5.74) is 10.8. The molecule has 114 valence electrons. The minimum Gasteiger partial charge on any atom is -0.492 e. The molecule has 0 heterocycles. The smallest absolute Gasteiger partial charge is 0.217 e. The van der Waals surface area contributed by atoms with Crippen molar-refractivity contribution < 1.29 is 17.9 Å². The van der Waals surface area contributed by atoms with Crippen molar-refractivity contribution in [1.29, 1.82) is 0 Å². The van der Waals surface area contributed by atoms with Crippen molar-refractivity contribution in [3.8, 4) is 5.75 Å². The Labute approximate surface area is 124 Å². The molecule has 0 fully saturated rings. The van der Waals surface area contributed by atoms with Crippen molar-refractivity contribution in [2.75, 3.05) is 12.9 Å². The number of halogens is 1. The summed E-state index contributed by atoms with van der Waals surface area (Å²) in [6, 6.07) is 5.86. The maximum Gasteiger partial charge on any atom is 0.217 e. The molecule has 0 aliphatic rings. The first kappa shape index (κ1) is 18.7. The highest BCUT2D eigenvalue weighted by Crippen LogP contribution is 2.17. The van der Waals surface area contributed by atoms with Crippen LogP contribution >= 0.6 is 12.4 Å². The monoisotopic (exact) mass is 322 g/mol. The second-order valence-electron chi connectivity index (χ2n) is 4.32. The van der Waals surface area contributed by atoms with Gasteiger partial charge in [0.15, 0.2) is 9.84 Å². The van der Waals surface area contributed by atoms with Crippen LogP contribution in [0.15, 0.2) is 29.2 Å². The number of amides is 1. The van der Waals surface area contributed by atoms with Gasteiger partial charge in [0.05, 0.1) is 4.90 Å².